The summed E-state index contributed by atoms with van der Waals surface area (Å²) in [6.45, 7) is 2.81. The molecular formula is C7H12N2OS. The lowest BCUT2D eigenvalue weighted by molar-refractivity contribution is 0.572. The van der Waals surface area contributed by atoms with Crippen LogP contribution in [0.2, 0.25) is 0 Å². The quantitative estimate of drug-likeness (QED) is 0.702. The van der Waals surface area contributed by atoms with Crippen molar-refractivity contribution in [2.75, 3.05) is 23.9 Å². The first-order chi connectivity index (χ1) is 5.33. The summed E-state index contributed by atoms with van der Waals surface area (Å²) in [4.78, 5) is 4.10. The largest absolute Gasteiger partial charge is 0.432 e. The Morgan fingerprint density at radius 2 is 2.55 bits per heavy atom. The van der Waals surface area contributed by atoms with E-state index in [-0.39, 0.29) is 0 Å². The van der Waals surface area contributed by atoms with E-state index in [0.717, 1.165) is 18.0 Å². The van der Waals surface area contributed by atoms with Gasteiger partial charge in [-0.1, -0.05) is 0 Å². The van der Waals surface area contributed by atoms with Gasteiger partial charge in [-0.15, -0.1) is 0 Å². The van der Waals surface area contributed by atoms with Crippen molar-refractivity contribution in [2.45, 2.75) is 6.92 Å². The molecule has 1 aromatic rings. The number of hydrogen-bond acceptors (Lipinski definition) is 4. The first-order valence-corrected chi connectivity index (χ1v) is 4.87. The molecule has 62 valence electrons. The van der Waals surface area contributed by atoms with Crippen LogP contribution in [0.3, 0.4) is 0 Å². The maximum atomic E-state index is 5.08. The van der Waals surface area contributed by atoms with Gasteiger partial charge in [-0.3, -0.25) is 0 Å². The number of nitrogens with zero attached hydrogens (tertiary/aromatic N) is 1. The fourth-order valence-electron chi connectivity index (χ4n) is 0.695. The molecule has 0 bridgehead atoms. The Kier molecular flexibility index (Phi) is 3.29. The highest BCUT2D eigenvalue weighted by Crippen LogP contribution is 2.05. The molecule has 3 nitrogen and oxygen atoms in total. The molecule has 1 rings (SSSR count). The fraction of sp³-hybridized carbons (Fsp3) is 0.571. The van der Waals surface area contributed by atoms with Gasteiger partial charge in [0, 0.05) is 12.3 Å². The summed E-state index contributed by atoms with van der Waals surface area (Å²) in [6.07, 6.45) is 3.71. The maximum Gasteiger partial charge on any atom is 0.294 e. The molecule has 4 heteroatoms. The van der Waals surface area contributed by atoms with Gasteiger partial charge in [-0.25, -0.2) is 0 Å². The highest BCUT2D eigenvalue weighted by molar-refractivity contribution is 7.98. The summed E-state index contributed by atoms with van der Waals surface area (Å²) in [7, 11) is 0. The van der Waals surface area contributed by atoms with Gasteiger partial charge >= 0.3 is 0 Å². The molecule has 0 aliphatic heterocycles. The van der Waals surface area contributed by atoms with E-state index in [1.807, 2.05) is 6.92 Å². The van der Waals surface area contributed by atoms with E-state index in [0.29, 0.717) is 6.01 Å². The minimum atomic E-state index is 0.622. The van der Waals surface area contributed by atoms with Crippen LogP contribution in [0.15, 0.2) is 10.7 Å². The summed E-state index contributed by atoms with van der Waals surface area (Å²) >= 11 is 1.80. The van der Waals surface area contributed by atoms with E-state index in [9.17, 15) is 0 Å². The second-order valence-electron chi connectivity index (χ2n) is 2.21. The van der Waals surface area contributed by atoms with Crippen molar-refractivity contribution in [1.82, 2.24) is 4.98 Å². The van der Waals surface area contributed by atoms with Crippen LogP contribution in [0.1, 0.15) is 5.69 Å². The lowest BCUT2D eigenvalue weighted by atomic mass is 10.6. The van der Waals surface area contributed by atoms with Crippen molar-refractivity contribution in [3.8, 4) is 0 Å². The number of nitrogens with one attached hydrogen (secondary N) is 1. The molecule has 1 N–H and O–H groups in total. The normalized spacial score (nSPS) is 10.0. The topological polar surface area (TPSA) is 38.1 Å². The zero-order valence-electron chi connectivity index (χ0n) is 6.76. The molecular weight excluding hydrogens is 160 g/mol. The Bertz CT molecular complexity index is 212. The number of aryl methyl sites for hydroxylation is 1. The molecule has 0 aromatic carbocycles. The Hall–Kier alpha value is -0.640. The van der Waals surface area contributed by atoms with Gasteiger partial charge in [0.15, 0.2) is 0 Å². The fourth-order valence-corrected chi connectivity index (χ4v) is 1.00. The highest BCUT2D eigenvalue weighted by Gasteiger charge is 1.96. The maximum absolute atomic E-state index is 5.08. The van der Waals surface area contributed by atoms with Gasteiger partial charge in [0.25, 0.3) is 6.01 Å². The van der Waals surface area contributed by atoms with E-state index >= 15 is 0 Å². The van der Waals surface area contributed by atoms with Gasteiger partial charge in [-0.05, 0) is 13.2 Å². The van der Waals surface area contributed by atoms with Crippen molar-refractivity contribution in [1.29, 1.82) is 0 Å². The van der Waals surface area contributed by atoms with Gasteiger partial charge in [-0.2, -0.15) is 16.7 Å². The van der Waals surface area contributed by atoms with Gasteiger partial charge in [0.05, 0.1) is 5.69 Å². The average Bonchev–Trinajstić information content (AvgIpc) is 2.37. The minimum Gasteiger partial charge on any atom is -0.432 e. The average molecular weight is 172 g/mol. The van der Waals surface area contributed by atoms with Crippen LogP contribution < -0.4 is 5.32 Å². The molecule has 0 atom stereocenters. The highest BCUT2D eigenvalue weighted by atomic mass is 32.2. The predicted octanol–water partition coefficient (Wildman–Crippen LogP) is 1.76. The van der Waals surface area contributed by atoms with Crippen LogP contribution in [0.25, 0.3) is 0 Å². The van der Waals surface area contributed by atoms with Gasteiger partial charge in [0.2, 0.25) is 0 Å². The van der Waals surface area contributed by atoms with Crippen LogP contribution in [0.4, 0.5) is 6.01 Å². The number of hydrogen-bond donors (Lipinski definition) is 1. The summed E-state index contributed by atoms with van der Waals surface area (Å²) in [5, 5.41) is 3.07. The van der Waals surface area contributed by atoms with Crippen LogP contribution >= 0.6 is 11.8 Å². The van der Waals surface area contributed by atoms with E-state index < -0.39 is 0 Å². The van der Waals surface area contributed by atoms with Crippen molar-refractivity contribution in [3.05, 3.63) is 12.0 Å². The minimum absolute atomic E-state index is 0.622. The molecule has 11 heavy (non-hydrogen) atoms. The summed E-state index contributed by atoms with van der Waals surface area (Å²) in [6, 6.07) is 0.622. The predicted molar refractivity (Wildman–Crippen MR) is 48.1 cm³/mol. The number of rotatable bonds is 4. The van der Waals surface area contributed by atoms with Crippen molar-refractivity contribution in [2.24, 2.45) is 0 Å². The molecule has 0 unspecified atom stereocenters. The Morgan fingerprint density at radius 1 is 1.73 bits per heavy atom. The monoisotopic (exact) mass is 172 g/mol. The van der Waals surface area contributed by atoms with Crippen LogP contribution in [-0.4, -0.2) is 23.5 Å². The Labute approximate surface area is 70.6 Å². The van der Waals surface area contributed by atoms with E-state index in [1.165, 1.54) is 0 Å². The second-order valence-corrected chi connectivity index (χ2v) is 3.20. The van der Waals surface area contributed by atoms with E-state index in [1.54, 1.807) is 18.0 Å². The number of anilines is 1. The number of aromatic nitrogens is 1. The summed E-state index contributed by atoms with van der Waals surface area (Å²) in [5.74, 6) is 1.07. The molecule has 0 radical (unpaired) electrons. The number of thioether (sulfide) groups is 1. The molecule has 0 saturated heterocycles. The molecule has 1 heterocycles. The smallest absolute Gasteiger partial charge is 0.294 e. The van der Waals surface area contributed by atoms with Gasteiger partial charge in [0.1, 0.15) is 6.26 Å². The molecule has 0 amide bonds. The third-order valence-electron chi connectivity index (χ3n) is 1.20. The first kappa shape index (κ1) is 8.46. The lowest BCUT2D eigenvalue weighted by Gasteiger charge is -1.97. The third kappa shape index (κ3) is 2.84. The molecule has 0 saturated carbocycles. The Balaban J connectivity index is 2.27. The molecule has 0 aliphatic rings. The van der Waals surface area contributed by atoms with Crippen LogP contribution in [-0.2, 0) is 0 Å². The molecule has 0 aliphatic carbocycles. The van der Waals surface area contributed by atoms with Crippen LogP contribution in [0, 0.1) is 6.92 Å². The van der Waals surface area contributed by atoms with E-state index in [2.05, 4.69) is 16.6 Å². The lowest BCUT2D eigenvalue weighted by Crippen LogP contribution is -2.03. The van der Waals surface area contributed by atoms with Crippen molar-refractivity contribution in [3.63, 3.8) is 0 Å². The first-order valence-electron chi connectivity index (χ1n) is 3.48. The Morgan fingerprint density at radius 3 is 3.09 bits per heavy atom. The second kappa shape index (κ2) is 4.28. The molecule has 0 spiro atoms. The summed E-state index contributed by atoms with van der Waals surface area (Å²) < 4.78 is 5.08. The van der Waals surface area contributed by atoms with E-state index in [4.69, 9.17) is 4.42 Å². The van der Waals surface area contributed by atoms with Crippen molar-refractivity contribution < 1.29 is 4.42 Å². The van der Waals surface area contributed by atoms with Crippen molar-refractivity contribution >= 4 is 17.8 Å². The zero-order chi connectivity index (χ0) is 8.10. The zero-order valence-corrected chi connectivity index (χ0v) is 7.57. The third-order valence-corrected chi connectivity index (χ3v) is 1.81. The molecule has 0 fully saturated rings. The molecule has 1 aromatic heterocycles. The standard InChI is InChI=1S/C7H12N2OS/c1-6-5-10-7(9-6)8-3-4-11-2/h5H,3-4H2,1-2H3,(H,8,9). The van der Waals surface area contributed by atoms with Crippen LogP contribution in [0.5, 0.6) is 0 Å². The SMILES string of the molecule is CSCCNc1nc(C)co1. The van der Waals surface area contributed by atoms with Gasteiger partial charge < -0.3 is 9.73 Å². The summed E-state index contributed by atoms with van der Waals surface area (Å²) in [5.41, 5.74) is 0.914. The number of oxazole rings is 1.